The monoisotopic (exact) mass is 233 g/mol. The average molecular weight is 233 g/mol. The van der Waals surface area contributed by atoms with Crippen molar-refractivity contribution < 1.29 is 4.79 Å². The Labute approximate surface area is 102 Å². The minimum absolute atomic E-state index is 0.320. The molecule has 0 saturated carbocycles. The van der Waals surface area contributed by atoms with Gasteiger partial charge >= 0.3 is 0 Å². The summed E-state index contributed by atoms with van der Waals surface area (Å²) in [6, 6.07) is 4.40. The molecule has 17 heavy (non-hydrogen) atoms. The van der Waals surface area contributed by atoms with E-state index in [-0.39, 0.29) is 0 Å². The third-order valence-corrected chi connectivity index (χ3v) is 3.31. The Bertz CT molecular complexity index is 363. The van der Waals surface area contributed by atoms with Crippen molar-refractivity contribution in [1.29, 1.82) is 0 Å². The molecular formula is C13H19N3O. The molecule has 0 aliphatic carbocycles. The molecule has 1 N–H and O–H groups in total. The second-order valence-corrected chi connectivity index (χ2v) is 4.43. The first kappa shape index (κ1) is 11.9. The molecule has 1 aromatic rings. The number of carbonyl (C=O) groups is 1. The maximum atomic E-state index is 10.8. The van der Waals surface area contributed by atoms with Gasteiger partial charge in [-0.1, -0.05) is 13.0 Å². The molecule has 1 aliphatic heterocycles. The number of nitrogens with zero attached hydrogens (tertiary/aromatic N) is 2. The molecule has 0 aromatic carbocycles. The van der Waals surface area contributed by atoms with Crippen molar-refractivity contribution in [2.75, 3.05) is 18.4 Å². The van der Waals surface area contributed by atoms with Gasteiger partial charge in [0.25, 0.3) is 0 Å². The first-order valence-electron chi connectivity index (χ1n) is 6.23. The molecule has 1 atom stereocenters. The predicted molar refractivity (Wildman–Crippen MR) is 67.9 cm³/mol. The van der Waals surface area contributed by atoms with Gasteiger partial charge in [-0.25, -0.2) is 4.98 Å². The van der Waals surface area contributed by atoms with Crippen molar-refractivity contribution >= 4 is 12.2 Å². The molecule has 1 aromatic heterocycles. The van der Waals surface area contributed by atoms with E-state index in [9.17, 15) is 4.79 Å². The number of aromatic nitrogens is 1. The van der Waals surface area contributed by atoms with Crippen molar-refractivity contribution in [2.45, 2.75) is 32.2 Å². The zero-order valence-electron chi connectivity index (χ0n) is 10.2. The first-order chi connectivity index (χ1) is 8.33. The van der Waals surface area contributed by atoms with Crippen LogP contribution in [0, 0.1) is 0 Å². The Kier molecular flexibility index (Phi) is 3.96. The quantitative estimate of drug-likeness (QED) is 0.787. The Morgan fingerprint density at radius 2 is 2.47 bits per heavy atom. The topological polar surface area (TPSA) is 45.2 Å². The van der Waals surface area contributed by atoms with Crippen LogP contribution in [0.4, 0.5) is 5.82 Å². The van der Waals surface area contributed by atoms with E-state index in [0.29, 0.717) is 6.04 Å². The highest BCUT2D eigenvalue weighted by Gasteiger charge is 2.22. The lowest BCUT2D eigenvalue weighted by atomic mass is 10.2. The van der Waals surface area contributed by atoms with E-state index in [1.54, 1.807) is 0 Å². The van der Waals surface area contributed by atoms with Crippen molar-refractivity contribution in [1.82, 2.24) is 9.88 Å². The number of rotatable bonds is 5. The molecular weight excluding hydrogens is 214 g/mol. The van der Waals surface area contributed by atoms with E-state index in [1.807, 2.05) is 17.2 Å². The molecule has 1 saturated heterocycles. The lowest BCUT2D eigenvalue weighted by molar-refractivity contribution is -0.118. The summed E-state index contributed by atoms with van der Waals surface area (Å²) in [5.41, 5.74) is 1.24. The van der Waals surface area contributed by atoms with E-state index in [2.05, 4.69) is 23.3 Å². The van der Waals surface area contributed by atoms with Gasteiger partial charge in [0.2, 0.25) is 6.41 Å². The molecule has 1 unspecified atom stereocenters. The molecule has 0 bridgehead atoms. The number of hydrogen-bond acceptors (Lipinski definition) is 3. The molecule has 4 nitrogen and oxygen atoms in total. The number of pyridine rings is 1. The van der Waals surface area contributed by atoms with Gasteiger partial charge < -0.3 is 10.2 Å². The molecule has 0 radical (unpaired) electrons. The van der Waals surface area contributed by atoms with Crippen LogP contribution in [0.3, 0.4) is 0 Å². The number of likely N-dealkylation sites (tertiary alicyclic amines) is 1. The fourth-order valence-electron chi connectivity index (χ4n) is 2.18. The summed E-state index contributed by atoms with van der Waals surface area (Å²) in [4.78, 5) is 17.0. The maximum absolute atomic E-state index is 10.8. The number of nitrogens with one attached hydrogen (secondary N) is 1. The molecule has 2 heterocycles. The standard InChI is InChI=1S/C13H19N3O/c1-2-11-5-6-13(14-8-11)15-9-12-4-3-7-16(12)10-17/h5-6,8,10,12H,2-4,7,9H2,1H3,(H,14,15). The largest absolute Gasteiger partial charge is 0.368 e. The van der Waals surface area contributed by atoms with Gasteiger partial charge in [-0.15, -0.1) is 0 Å². The number of aryl methyl sites for hydroxylation is 1. The zero-order valence-corrected chi connectivity index (χ0v) is 10.2. The average Bonchev–Trinajstić information content (AvgIpc) is 2.84. The summed E-state index contributed by atoms with van der Waals surface area (Å²) < 4.78 is 0. The Balaban J connectivity index is 1.86. The maximum Gasteiger partial charge on any atom is 0.210 e. The number of anilines is 1. The highest BCUT2D eigenvalue weighted by molar-refractivity contribution is 5.48. The van der Waals surface area contributed by atoms with Gasteiger partial charge in [-0.05, 0) is 30.9 Å². The fourth-order valence-corrected chi connectivity index (χ4v) is 2.18. The molecule has 4 heteroatoms. The van der Waals surface area contributed by atoms with Gasteiger partial charge in [-0.3, -0.25) is 4.79 Å². The lowest BCUT2D eigenvalue weighted by Gasteiger charge is -2.20. The van der Waals surface area contributed by atoms with Gasteiger partial charge in [0.15, 0.2) is 0 Å². The van der Waals surface area contributed by atoms with Crippen LogP contribution in [-0.2, 0) is 11.2 Å². The van der Waals surface area contributed by atoms with Crippen LogP contribution >= 0.6 is 0 Å². The lowest BCUT2D eigenvalue weighted by Crippen LogP contribution is -2.33. The van der Waals surface area contributed by atoms with E-state index >= 15 is 0 Å². The Hall–Kier alpha value is -1.58. The third kappa shape index (κ3) is 2.96. The molecule has 1 fully saturated rings. The first-order valence-corrected chi connectivity index (χ1v) is 6.23. The van der Waals surface area contributed by atoms with E-state index < -0.39 is 0 Å². The van der Waals surface area contributed by atoms with Crippen LogP contribution in [0.15, 0.2) is 18.3 Å². The number of carbonyl (C=O) groups excluding carboxylic acids is 1. The van der Waals surface area contributed by atoms with Crippen LogP contribution in [0.5, 0.6) is 0 Å². The summed E-state index contributed by atoms with van der Waals surface area (Å²) in [6.45, 7) is 3.79. The van der Waals surface area contributed by atoms with E-state index in [1.165, 1.54) is 5.56 Å². The normalized spacial score (nSPS) is 19.4. The minimum Gasteiger partial charge on any atom is -0.368 e. The zero-order chi connectivity index (χ0) is 12.1. The molecule has 1 aliphatic rings. The second-order valence-electron chi connectivity index (χ2n) is 4.43. The van der Waals surface area contributed by atoms with Gasteiger partial charge in [-0.2, -0.15) is 0 Å². The Morgan fingerprint density at radius 1 is 1.59 bits per heavy atom. The van der Waals surface area contributed by atoms with Crippen molar-refractivity contribution in [3.63, 3.8) is 0 Å². The summed E-state index contributed by atoms with van der Waals surface area (Å²) in [6.07, 6.45) is 6.04. The molecule has 92 valence electrons. The summed E-state index contributed by atoms with van der Waals surface area (Å²) in [5, 5.41) is 3.29. The van der Waals surface area contributed by atoms with Gasteiger partial charge in [0, 0.05) is 25.3 Å². The van der Waals surface area contributed by atoms with Crippen LogP contribution in [0.2, 0.25) is 0 Å². The highest BCUT2D eigenvalue weighted by atomic mass is 16.1. The molecule has 0 spiro atoms. The van der Waals surface area contributed by atoms with Crippen LogP contribution in [-0.4, -0.2) is 35.4 Å². The van der Waals surface area contributed by atoms with Crippen LogP contribution in [0.1, 0.15) is 25.3 Å². The van der Waals surface area contributed by atoms with E-state index in [0.717, 1.165) is 44.6 Å². The summed E-state index contributed by atoms with van der Waals surface area (Å²) in [7, 11) is 0. The van der Waals surface area contributed by atoms with Crippen molar-refractivity contribution in [2.24, 2.45) is 0 Å². The van der Waals surface area contributed by atoms with Crippen molar-refractivity contribution in [3.8, 4) is 0 Å². The third-order valence-electron chi connectivity index (χ3n) is 3.31. The van der Waals surface area contributed by atoms with Gasteiger partial charge in [0.05, 0.1) is 0 Å². The summed E-state index contributed by atoms with van der Waals surface area (Å²) in [5.74, 6) is 0.889. The Morgan fingerprint density at radius 3 is 3.12 bits per heavy atom. The van der Waals surface area contributed by atoms with Gasteiger partial charge in [0.1, 0.15) is 5.82 Å². The highest BCUT2D eigenvalue weighted by Crippen LogP contribution is 2.15. The minimum atomic E-state index is 0.320. The molecule has 2 rings (SSSR count). The van der Waals surface area contributed by atoms with Crippen LogP contribution < -0.4 is 5.32 Å². The van der Waals surface area contributed by atoms with Crippen LogP contribution in [0.25, 0.3) is 0 Å². The fraction of sp³-hybridized carbons (Fsp3) is 0.538. The second kappa shape index (κ2) is 5.66. The number of hydrogen-bond donors (Lipinski definition) is 1. The predicted octanol–water partition coefficient (Wildman–Crippen LogP) is 1.68. The van der Waals surface area contributed by atoms with Crippen molar-refractivity contribution in [3.05, 3.63) is 23.9 Å². The SMILES string of the molecule is CCc1ccc(NCC2CCCN2C=O)nc1. The molecule has 1 amide bonds. The number of amides is 1. The summed E-state index contributed by atoms with van der Waals surface area (Å²) >= 11 is 0. The smallest absolute Gasteiger partial charge is 0.210 e. The van der Waals surface area contributed by atoms with E-state index in [4.69, 9.17) is 0 Å².